The number of carbonyl (C=O) groups is 4. The molecule has 54 heavy (non-hydrogen) atoms. The van der Waals surface area contributed by atoms with Crippen LogP contribution in [0.3, 0.4) is 0 Å². The third-order valence-electron chi connectivity index (χ3n) is 10.9. The maximum atomic E-state index is 14.6. The normalized spacial score (nSPS) is 28.8. The molecule has 5 aliphatic rings. The fourth-order valence-corrected chi connectivity index (χ4v) is 8.65. The van der Waals surface area contributed by atoms with Crippen molar-refractivity contribution < 1.29 is 41.8 Å². The van der Waals surface area contributed by atoms with Crippen molar-refractivity contribution in [3.05, 3.63) is 48.5 Å². The molecule has 3 fully saturated rings. The molecule has 1 aromatic carbocycles. The van der Waals surface area contributed by atoms with Crippen molar-refractivity contribution >= 4 is 44.9 Å². The summed E-state index contributed by atoms with van der Waals surface area (Å²) in [6, 6.07) is 3.02. The lowest BCUT2D eigenvalue weighted by atomic mass is 9.85. The lowest BCUT2D eigenvalue weighted by molar-refractivity contribution is -0.141. The molecule has 3 saturated carbocycles. The highest BCUT2D eigenvalue weighted by atomic mass is 32.2. The zero-order chi connectivity index (χ0) is 38.6. The molecule has 3 N–H and O–H groups in total. The second-order valence-electron chi connectivity index (χ2n) is 16.2. The Hall–Kier alpha value is -4.73. The van der Waals surface area contributed by atoms with Gasteiger partial charge in [-0.1, -0.05) is 39.7 Å². The lowest BCUT2D eigenvalue weighted by Crippen LogP contribution is -2.59. The number of aryl methyl sites for hydroxylation is 1. The van der Waals surface area contributed by atoms with E-state index in [0.29, 0.717) is 41.7 Å². The van der Waals surface area contributed by atoms with Gasteiger partial charge in [0.15, 0.2) is 0 Å². The Bertz CT molecular complexity index is 2030. The highest BCUT2D eigenvalue weighted by Gasteiger charge is 2.62. The van der Waals surface area contributed by atoms with Crippen LogP contribution in [0.5, 0.6) is 11.6 Å². The number of amides is 4. The van der Waals surface area contributed by atoms with Gasteiger partial charge < -0.3 is 29.7 Å². The van der Waals surface area contributed by atoms with Crippen LogP contribution >= 0.6 is 0 Å². The molecular weight excluding hydrogens is 717 g/mol. The fourth-order valence-electron chi connectivity index (χ4n) is 7.29. The average molecular weight is 765 g/mol. The van der Waals surface area contributed by atoms with Crippen LogP contribution in [0.4, 0.5) is 4.79 Å². The number of carbonyl (C=O) groups excluding carboxylic acids is 4. The minimum atomic E-state index is -3.91. The van der Waals surface area contributed by atoms with E-state index in [-0.39, 0.29) is 36.5 Å². The second-order valence-corrected chi connectivity index (χ2v) is 18.1. The Balaban J connectivity index is 1.23. The third-order valence-corrected chi connectivity index (χ3v) is 12.8. The predicted octanol–water partition coefficient (Wildman–Crippen LogP) is 3.77. The molecular formula is C38H48N6O9S. The summed E-state index contributed by atoms with van der Waals surface area (Å²) in [5.41, 5.74) is -0.591. The van der Waals surface area contributed by atoms with Gasteiger partial charge in [-0.15, -0.1) is 6.58 Å². The van der Waals surface area contributed by atoms with E-state index in [4.69, 9.17) is 24.2 Å². The van der Waals surface area contributed by atoms with Crippen molar-refractivity contribution in [2.45, 2.75) is 114 Å². The van der Waals surface area contributed by atoms with E-state index in [1.165, 1.54) is 17.2 Å². The van der Waals surface area contributed by atoms with Crippen LogP contribution in [-0.2, 0) is 35.6 Å². The molecule has 15 nitrogen and oxygen atoms in total. The maximum Gasteiger partial charge on any atom is 0.408 e. The number of rotatable bonds is 7. The Morgan fingerprint density at radius 3 is 2.57 bits per heavy atom. The van der Waals surface area contributed by atoms with Crippen LogP contribution < -0.4 is 24.8 Å². The number of methoxy groups -OCH3 is 1. The summed E-state index contributed by atoms with van der Waals surface area (Å²) in [7, 11) is -2.35. The first-order valence-corrected chi connectivity index (χ1v) is 20.2. The molecule has 4 amide bonds. The number of benzene rings is 1. The smallest absolute Gasteiger partial charge is 0.408 e. The molecule has 2 aromatic rings. The van der Waals surface area contributed by atoms with Crippen LogP contribution in [0.1, 0.15) is 84.3 Å². The van der Waals surface area contributed by atoms with Gasteiger partial charge in [0.2, 0.25) is 21.8 Å². The van der Waals surface area contributed by atoms with Gasteiger partial charge in [-0.2, -0.15) is 0 Å². The summed E-state index contributed by atoms with van der Waals surface area (Å²) in [5.74, 6) is -1.42. The van der Waals surface area contributed by atoms with Gasteiger partial charge in [-0.3, -0.25) is 19.1 Å². The first-order chi connectivity index (χ1) is 25.6. The van der Waals surface area contributed by atoms with Gasteiger partial charge in [-0.05, 0) is 68.4 Å². The van der Waals surface area contributed by atoms with Crippen molar-refractivity contribution in [3.8, 4) is 11.6 Å². The van der Waals surface area contributed by atoms with Crippen LogP contribution in [0.15, 0.2) is 42.8 Å². The lowest BCUT2D eigenvalue weighted by Gasteiger charge is -2.34. The third kappa shape index (κ3) is 7.75. The molecule has 0 saturated heterocycles. The number of nitrogens with zero attached hydrogens (tertiary/aromatic N) is 3. The molecule has 290 valence electrons. The number of hydrogen-bond acceptors (Lipinski definition) is 11. The number of aromatic nitrogens is 2. The number of hydrogen-bond donors (Lipinski definition) is 3. The van der Waals surface area contributed by atoms with Gasteiger partial charge >= 0.3 is 6.09 Å². The highest BCUT2D eigenvalue weighted by Crippen LogP contribution is 2.46. The van der Waals surface area contributed by atoms with E-state index in [1.807, 2.05) is 6.07 Å². The van der Waals surface area contributed by atoms with Crippen LogP contribution in [0, 0.1) is 17.3 Å². The van der Waals surface area contributed by atoms with Gasteiger partial charge in [-0.25, -0.2) is 23.2 Å². The Labute approximate surface area is 314 Å². The summed E-state index contributed by atoms with van der Waals surface area (Å²) in [4.78, 5) is 66.5. The van der Waals surface area contributed by atoms with Crippen LogP contribution in [0.2, 0.25) is 0 Å². The maximum absolute atomic E-state index is 14.6. The van der Waals surface area contributed by atoms with E-state index >= 15 is 0 Å². The van der Waals surface area contributed by atoms with Gasteiger partial charge in [0.25, 0.3) is 11.8 Å². The fraction of sp³-hybridized carbons (Fsp3) is 0.579. The van der Waals surface area contributed by atoms with Gasteiger partial charge in [0.1, 0.15) is 40.9 Å². The molecule has 0 radical (unpaired) electrons. The second kappa shape index (κ2) is 14.2. The average Bonchev–Trinajstić information content (AvgIpc) is 4.04. The zero-order valence-electron chi connectivity index (χ0n) is 31.1. The van der Waals surface area contributed by atoms with Crippen molar-refractivity contribution in [1.29, 1.82) is 0 Å². The first-order valence-electron chi connectivity index (χ1n) is 18.6. The molecule has 3 heterocycles. The minimum absolute atomic E-state index is 0.114. The van der Waals surface area contributed by atoms with E-state index in [0.717, 1.165) is 32.1 Å². The number of fused-ring (bicyclic) bond motifs is 4. The SMILES string of the molecule is C=C[C@@H]1C[C@]1(NC(=O)[C@@H]1CC2=CN1C(=O)[C@H](C(C)(C)C)NC(=O)O[C@@H]1C[C@H]1CCCCCc1nc3ccc(OC)cc3nc1O2)C(=O)NS(=O)(=O)C1CC1. The molecule has 0 unspecified atom stereocenters. The number of ether oxygens (including phenoxy) is 3. The monoisotopic (exact) mass is 764 g/mol. The molecule has 7 rings (SSSR count). The van der Waals surface area contributed by atoms with Crippen molar-refractivity contribution in [3.63, 3.8) is 0 Å². The van der Waals surface area contributed by atoms with E-state index in [2.05, 4.69) is 21.9 Å². The van der Waals surface area contributed by atoms with Gasteiger partial charge in [0.05, 0.1) is 23.4 Å². The largest absolute Gasteiger partial charge is 0.497 e. The summed E-state index contributed by atoms with van der Waals surface area (Å²) in [6.07, 6.45) is 7.77. The standard InChI is InChI=1S/C38H48N6O9S/c1-6-22-19-38(22,35(47)43-54(49,50)25-13-14-25)42-32(45)29-18-24-20-44(29)34(46)31(37(2,3)4)41-36(48)53-30-16-21(30)10-8-7-9-11-27-33(52-24)40-28-17-23(51-5)12-15-26(28)39-27/h6,12,15,17,20-22,25,29-31H,1,7-11,13-14,16,18-19H2,2-5H3,(H,41,48)(H,42,45)(H,43,47)/t21-,22-,29+,30-,31-,38-/m1/s1. The molecule has 3 aliphatic carbocycles. The summed E-state index contributed by atoms with van der Waals surface area (Å²) >= 11 is 0. The molecule has 2 bridgehead atoms. The van der Waals surface area contributed by atoms with E-state index in [9.17, 15) is 27.6 Å². The molecule has 6 atom stereocenters. The Morgan fingerprint density at radius 1 is 1.11 bits per heavy atom. The minimum Gasteiger partial charge on any atom is -0.497 e. The highest BCUT2D eigenvalue weighted by molar-refractivity contribution is 7.91. The van der Waals surface area contributed by atoms with Crippen molar-refractivity contribution in [2.75, 3.05) is 7.11 Å². The zero-order valence-corrected chi connectivity index (χ0v) is 31.9. The summed E-state index contributed by atoms with van der Waals surface area (Å²) < 4.78 is 45.2. The number of alkyl carbamates (subject to hydrolysis) is 1. The topological polar surface area (TPSA) is 195 Å². The summed E-state index contributed by atoms with van der Waals surface area (Å²) in [6.45, 7) is 9.14. The molecule has 1 aromatic heterocycles. The summed E-state index contributed by atoms with van der Waals surface area (Å²) in [5, 5.41) is 4.89. The molecule has 16 heteroatoms. The Morgan fingerprint density at radius 2 is 1.89 bits per heavy atom. The number of sulfonamides is 1. The van der Waals surface area contributed by atoms with E-state index < -0.39 is 68.0 Å². The number of nitrogens with one attached hydrogen (secondary N) is 3. The molecule has 2 aliphatic heterocycles. The predicted molar refractivity (Wildman–Crippen MR) is 196 cm³/mol. The van der Waals surface area contributed by atoms with Crippen molar-refractivity contribution in [1.82, 2.24) is 30.2 Å². The van der Waals surface area contributed by atoms with Gasteiger partial charge in [0, 0.05) is 24.6 Å². The van der Waals surface area contributed by atoms with Crippen LogP contribution in [0.25, 0.3) is 11.0 Å². The van der Waals surface area contributed by atoms with E-state index in [1.54, 1.807) is 40.0 Å². The Kier molecular flexibility index (Phi) is 9.86. The van der Waals surface area contributed by atoms with Crippen molar-refractivity contribution in [2.24, 2.45) is 17.3 Å². The first kappa shape index (κ1) is 37.6. The molecule has 0 spiro atoms. The van der Waals surface area contributed by atoms with Crippen LogP contribution in [-0.4, -0.2) is 83.2 Å². The quantitative estimate of drug-likeness (QED) is 0.348.